The van der Waals surface area contributed by atoms with Crippen LogP contribution in [0.5, 0.6) is 0 Å². The highest BCUT2D eigenvalue weighted by atomic mass is 127. The summed E-state index contributed by atoms with van der Waals surface area (Å²) in [6, 6.07) is 9.17. The molecule has 1 unspecified atom stereocenters. The number of methoxy groups -OCH3 is 1. The lowest BCUT2D eigenvalue weighted by Gasteiger charge is -2.20. The first-order valence-corrected chi connectivity index (χ1v) is 10.9. The monoisotopic (exact) mass is 540 g/mol. The number of halogens is 1. The van der Waals surface area contributed by atoms with Gasteiger partial charge in [-0.05, 0) is 46.2 Å². The summed E-state index contributed by atoms with van der Waals surface area (Å²) in [6.07, 6.45) is 1.10. The minimum atomic E-state index is 0. The van der Waals surface area contributed by atoms with Crippen molar-refractivity contribution in [1.29, 1.82) is 0 Å². The van der Waals surface area contributed by atoms with Crippen molar-refractivity contribution in [2.75, 3.05) is 38.3 Å². The molecule has 0 amide bonds. The van der Waals surface area contributed by atoms with E-state index in [2.05, 4.69) is 72.6 Å². The SMILES string of the molecule is CCNC(=NCc1c(C)nn(CCOC)c1C)NC1CCN(c2ccc(C)cc2)C1.I. The molecule has 0 radical (unpaired) electrons. The summed E-state index contributed by atoms with van der Waals surface area (Å²) in [6.45, 7) is 13.3. The highest BCUT2D eigenvalue weighted by Gasteiger charge is 2.23. The number of ether oxygens (including phenoxy) is 1. The Kier molecular flexibility index (Phi) is 10.1. The molecule has 3 rings (SSSR count). The zero-order chi connectivity index (χ0) is 21.5. The number of anilines is 1. The van der Waals surface area contributed by atoms with E-state index in [4.69, 9.17) is 9.73 Å². The van der Waals surface area contributed by atoms with Crippen LogP contribution in [-0.4, -0.2) is 55.1 Å². The van der Waals surface area contributed by atoms with Crippen LogP contribution in [0.15, 0.2) is 29.3 Å². The lowest BCUT2D eigenvalue weighted by atomic mass is 10.2. The molecule has 0 spiro atoms. The fraction of sp³-hybridized carbons (Fsp3) is 0.565. The quantitative estimate of drug-likeness (QED) is 0.305. The Morgan fingerprint density at radius 3 is 2.65 bits per heavy atom. The number of guanidine groups is 1. The minimum absolute atomic E-state index is 0. The van der Waals surface area contributed by atoms with Crippen LogP contribution < -0.4 is 15.5 Å². The Morgan fingerprint density at radius 1 is 1.23 bits per heavy atom. The van der Waals surface area contributed by atoms with Crippen LogP contribution in [0.25, 0.3) is 0 Å². The molecule has 7 nitrogen and oxygen atoms in total. The third-order valence-electron chi connectivity index (χ3n) is 5.71. The van der Waals surface area contributed by atoms with E-state index in [0.29, 0.717) is 19.2 Å². The van der Waals surface area contributed by atoms with E-state index in [0.717, 1.165) is 49.9 Å². The van der Waals surface area contributed by atoms with Gasteiger partial charge in [0, 0.05) is 49.7 Å². The zero-order valence-electron chi connectivity index (χ0n) is 19.4. The second-order valence-electron chi connectivity index (χ2n) is 7.97. The van der Waals surface area contributed by atoms with Gasteiger partial charge in [-0.3, -0.25) is 4.68 Å². The van der Waals surface area contributed by atoms with Crippen LogP contribution in [0, 0.1) is 20.8 Å². The topological polar surface area (TPSA) is 66.7 Å². The standard InChI is InChI=1S/C23H36N6O.HI/c1-6-24-23(25-15-22-18(3)27-29(19(22)4)13-14-30-5)26-20-11-12-28(16-20)21-9-7-17(2)8-10-21;/h7-10,20H,6,11-16H2,1-5H3,(H2,24,25,26);1H. The Hall–Kier alpha value is -1.81. The van der Waals surface area contributed by atoms with Crippen molar-refractivity contribution in [1.82, 2.24) is 20.4 Å². The third-order valence-corrected chi connectivity index (χ3v) is 5.71. The van der Waals surface area contributed by atoms with Crippen molar-refractivity contribution in [3.05, 3.63) is 46.8 Å². The Bertz CT molecular complexity index is 848. The highest BCUT2D eigenvalue weighted by molar-refractivity contribution is 14.0. The molecule has 0 aliphatic carbocycles. The zero-order valence-corrected chi connectivity index (χ0v) is 21.8. The first-order valence-electron chi connectivity index (χ1n) is 10.9. The first kappa shape index (κ1) is 25.5. The van der Waals surface area contributed by atoms with Crippen LogP contribution in [-0.2, 0) is 17.8 Å². The van der Waals surface area contributed by atoms with Crippen molar-refractivity contribution in [3.63, 3.8) is 0 Å². The molecule has 31 heavy (non-hydrogen) atoms. The van der Waals surface area contributed by atoms with Gasteiger partial charge < -0.3 is 20.3 Å². The van der Waals surface area contributed by atoms with E-state index < -0.39 is 0 Å². The van der Waals surface area contributed by atoms with Crippen molar-refractivity contribution in [2.45, 2.75) is 53.2 Å². The van der Waals surface area contributed by atoms with Gasteiger partial charge in [0.25, 0.3) is 0 Å². The predicted molar refractivity (Wildman–Crippen MR) is 139 cm³/mol. The van der Waals surface area contributed by atoms with Crippen molar-refractivity contribution < 1.29 is 4.74 Å². The second-order valence-corrected chi connectivity index (χ2v) is 7.97. The van der Waals surface area contributed by atoms with Crippen LogP contribution in [0.1, 0.15) is 35.9 Å². The predicted octanol–water partition coefficient (Wildman–Crippen LogP) is 3.41. The van der Waals surface area contributed by atoms with Gasteiger partial charge in [0.15, 0.2) is 5.96 Å². The number of benzene rings is 1. The molecular weight excluding hydrogens is 503 g/mol. The molecular formula is C23H37IN6O. The van der Waals surface area contributed by atoms with Crippen LogP contribution >= 0.6 is 24.0 Å². The summed E-state index contributed by atoms with van der Waals surface area (Å²) < 4.78 is 7.20. The van der Waals surface area contributed by atoms with E-state index >= 15 is 0 Å². The smallest absolute Gasteiger partial charge is 0.191 e. The molecule has 1 aliphatic heterocycles. The van der Waals surface area contributed by atoms with Crippen LogP contribution in [0.2, 0.25) is 0 Å². The molecule has 0 saturated carbocycles. The summed E-state index contributed by atoms with van der Waals surface area (Å²) in [5, 5.41) is 11.7. The molecule has 1 aliphatic rings. The van der Waals surface area contributed by atoms with Gasteiger partial charge in [0.05, 0.1) is 25.4 Å². The number of nitrogens with one attached hydrogen (secondary N) is 2. The van der Waals surface area contributed by atoms with E-state index in [-0.39, 0.29) is 24.0 Å². The van der Waals surface area contributed by atoms with E-state index in [1.807, 2.05) is 4.68 Å². The number of hydrogen-bond donors (Lipinski definition) is 2. The fourth-order valence-electron chi connectivity index (χ4n) is 3.90. The van der Waals surface area contributed by atoms with E-state index in [1.165, 1.54) is 16.8 Å². The average Bonchev–Trinajstić information content (AvgIpc) is 3.30. The van der Waals surface area contributed by atoms with Gasteiger partial charge >= 0.3 is 0 Å². The maximum Gasteiger partial charge on any atom is 0.191 e. The minimum Gasteiger partial charge on any atom is -0.383 e. The Labute approximate surface area is 203 Å². The van der Waals surface area contributed by atoms with Crippen LogP contribution in [0.4, 0.5) is 5.69 Å². The number of hydrogen-bond acceptors (Lipinski definition) is 4. The van der Waals surface area contributed by atoms with Gasteiger partial charge in [0.1, 0.15) is 0 Å². The Morgan fingerprint density at radius 2 is 1.97 bits per heavy atom. The summed E-state index contributed by atoms with van der Waals surface area (Å²) >= 11 is 0. The molecule has 2 N–H and O–H groups in total. The van der Waals surface area contributed by atoms with Crippen LogP contribution in [0.3, 0.4) is 0 Å². The van der Waals surface area contributed by atoms with Gasteiger partial charge in [-0.25, -0.2) is 4.99 Å². The van der Waals surface area contributed by atoms with Crippen molar-refractivity contribution >= 4 is 35.6 Å². The Balaban J connectivity index is 0.00000341. The molecule has 1 aromatic heterocycles. The van der Waals surface area contributed by atoms with E-state index in [1.54, 1.807) is 7.11 Å². The third kappa shape index (κ3) is 6.83. The molecule has 1 saturated heterocycles. The van der Waals surface area contributed by atoms with Crippen molar-refractivity contribution in [2.24, 2.45) is 4.99 Å². The molecule has 172 valence electrons. The van der Waals surface area contributed by atoms with Gasteiger partial charge in [-0.2, -0.15) is 5.10 Å². The summed E-state index contributed by atoms with van der Waals surface area (Å²) in [7, 11) is 1.72. The number of aliphatic imine (C=N–C) groups is 1. The summed E-state index contributed by atoms with van der Waals surface area (Å²) in [5.41, 5.74) is 5.98. The number of nitrogens with zero attached hydrogens (tertiary/aromatic N) is 4. The first-order chi connectivity index (χ1) is 14.5. The fourth-order valence-corrected chi connectivity index (χ4v) is 3.90. The largest absolute Gasteiger partial charge is 0.383 e. The maximum atomic E-state index is 5.19. The molecule has 0 bridgehead atoms. The molecule has 8 heteroatoms. The summed E-state index contributed by atoms with van der Waals surface area (Å²) in [5.74, 6) is 0.872. The van der Waals surface area contributed by atoms with Crippen molar-refractivity contribution in [3.8, 4) is 0 Å². The lowest BCUT2D eigenvalue weighted by molar-refractivity contribution is 0.182. The number of aromatic nitrogens is 2. The molecule has 2 aromatic rings. The highest BCUT2D eigenvalue weighted by Crippen LogP contribution is 2.21. The van der Waals surface area contributed by atoms with Gasteiger partial charge in [0.2, 0.25) is 0 Å². The lowest BCUT2D eigenvalue weighted by Crippen LogP contribution is -2.44. The van der Waals surface area contributed by atoms with E-state index in [9.17, 15) is 0 Å². The number of aryl methyl sites for hydroxylation is 2. The maximum absolute atomic E-state index is 5.19. The number of rotatable bonds is 8. The summed E-state index contributed by atoms with van der Waals surface area (Å²) in [4.78, 5) is 7.30. The molecule has 1 atom stereocenters. The molecule has 1 aromatic carbocycles. The second kappa shape index (κ2) is 12.3. The molecule has 1 fully saturated rings. The van der Waals surface area contributed by atoms with Gasteiger partial charge in [-0.1, -0.05) is 17.7 Å². The average molecular weight is 540 g/mol. The van der Waals surface area contributed by atoms with Gasteiger partial charge in [-0.15, -0.1) is 24.0 Å². The molecule has 2 heterocycles. The normalized spacial score (nSPS) is 16.4.